The van der Waals surface area contributed by atoms with Gasteiger partial charge in [-0.05, 0) is 36.8 Å². The number of nitrogens with zero attached hydrogens (tertiary/aromatic N) is 3. The Hall–Kier alpha value is -3.22. The summed E-state index contributed by atoms with van der Waals surface area (Å²) in [7, 11) is 0. The number of aryl methyl sites for hydroxylation is 1. The highest BCUT2D eigenvalue weighted by Gasteiger charge is 2.25. The highest BCUT2D eigenvalue weighted by Crippen LogP contribution is 2.35. The fourth-order valence-corrected chi connectivity index (χ4v) is 3.71. The average molecular weight is 395 g/mol. The predicted octanol–water partition coefficient (Wildman–Crippen LogP) is 2.43. The molecule has 0 aromatic heterocycles. The molecule has 0 spiro atoms. The zero-order chi connectivity index (χ0) is 20.4. The smallest absolute Gasteiger partial charge is 0.242 e. The third-order valence-electron chi connectivity index (χ3n) is 5.34. The molecular formula is C22H25N3O4. The SMILES string of the molecule is CC(=O)N(CC(=O)N1CCN(c2cccc(C)c2)CC1)c1ccc2c(c1)OCO2. The molecule has 7 nitrogen and oxygen atoms in total. The van der Waals surface area contributed by atoms with Gasteiger partial charge in [0.1, 0.15) is 6.54 Å². The van der Waals surface area contributed by atoms with E-state index in [0.29, 0.717) is 30.3 Å². The fraction of sp³-hybridized carbons (Fsp3) is 0.364. The Kier molecular flexibility index (Phi) is 5.29. The lowest BCUT2D eigenvalue weighted by atomic mass is 10.2. The van der Waals surface area contributed by atoms with Gasteiger partial charge in [-0.25, -0.2) is 0 Å². The van der Waals surface area contributed by atoms with Gasteiger partial charge in [0, 0.05) is 50.5 Å². The molecule has 2 aromatic carbocycles. The van der Waals surface area contributed by atoms with Crippen molar-refractivity contribution >= 4 is 23.2 Å². The first-order valence-electron chi connectivity index (χ1n) is 9.78. The summed E-state index contributed by atoms with van der Waals surface area (Å²) in [4.78, 5) is 30.7. The molecule has 0 unspecified atom stereocenters. The van der Waals surface area contributed by atoms with Crippen LogP contribution in [0.15, 0.2) is 42.5 Å². The largest absolute Gasteiger partial charge is 0.454 e. The molecule has 2 aromatic rings. The van der Waals surface area contributed by atoms with E-state index >= 15 is 0 Å². The van der Waals surface area contributed by atoms with Gasteiger partial charge >= 0.3 is 0 Å². The monoisotopic (exact) mass is 395 g/mol. The normalized spacial score (nSPS) is 15.4. The second kappa shape index (κ2) is 8.03. The van der Waals surface area contributed by atoms with E-state index < -0.39 is 0 Å². The number of ether oxygens (including phenoxy) is 2. The first-order chi connectivity index (χ1) is 14.0. The molecule has 29 heavy (non-hydrogen) atoms. The molecular weight excluding hydrogens is 370 g/mol. The highest BCUT2D eigenvalue weighted by atomic mass is 16.7. The summed E-state index contributed by atoms with van der Waals surface area (Å²) in [5.41, 5.74) is 3.04. The number of piperazine rings is 1. The van der Waals surface area contributed by atoms with Crippen molar-refractivity contribution in [1.29, 1.82) is 0 Å². The number of fused-ring (bicyclic) bond motifs is 1. The minimum absolute atomic E-state index is 0.0133. The molecule has 1 saturated heterocycles. The van der Waals surface area contributed by atoms with Crippen molar-refractivity contribution in [3.8, 4) is 11.5 Å². The van der Waals surface area contributed by atoms with Gasteiger partial charge in [-0.3, -0.25) is 9.59 Å². The van der Waals surface area contributed by atoms with E-state index in [9.17, 15) is 9.59 Å². The van der Waals surface area contributed by atoms with Crippen LogP contribution in [0.5, 0.6) is 11.5 Å². The average Bonchev–Trinajstić information content (AvgIpc) is 3.19. The molecule has 152 valence electrons. The Bertz CT molecular complexity index is 922. The van der Waals surface area contributed by atoms with Crippen molar-refractivity contribution in [2.75, 3.05) is 49.3 Å². The maximum atomic E-state index is 12.9. The summed E-state index contributed by atoms with van der Waals surface area (Å²) in [6.07, 6.45) is 0. The zero-order valence-electron chi connectivity index (χ0n) is 16.8. The van der Waals surface area contributed by atoms with Crippen molar-refractivity contribution < 1.29 is 19.1 Å². The number of anilines is 2. The van der Waals surface area contributed by atoms with Gasteiger partial charge in [0.25, 0.3) is 0 Å². The lowest BCUT2D eigenvalue weighted by Gasteiger charge is -2.37. The molecule has 0 N–H and O–H groups in total. The number of carbonyl (C=O) groups is 2. The van der Waals surface area contributed by atoms with Crippen molar-refractivity contribution in [3.63, 3.8) is 0 Å². The number of carbonyl (C=O) groups excluding carboxylic acids is 2. The van der Waals surface area contributed by atoms with E-state index in [1.54, 1.807) is 18.2 Å². The van der Waals surface area contributed by atoms with Crippen LogP contribution in [0, 0.1) is 6.92 Å². The first kappa shape index (κ1) is 19.1. The van der Waals surface area contributed by atoms with Crippen molar-refractivity contribution in [2.24, 2.45) is 0 Å². The summed E-state index contributed by atoms with van der Waals surface area (Å²) >= 11 is 0. The van der Waals surface area contributed by atoms with Crippen LogP contribution in [0.1, 0.15) is 12.5 Å². The Balaban J connectivity index is 1.39. The van der Waals surface area contributed by atoms with Gasteiger partial charge in [-0.1, -0.05) is 12.1 Å². The number of rotatable bonds is 4. The summed E-state index contributed by atoms with van der Waals surface area (Å²) in [6, 6.07) is 13.7. The maximum Gasteiger partial charge on any atom is 0.242 e. The molecule has 7 heteroatoms. The van der Waals surface area contributed by atoms with E-state index in [1.165, 1.54) is 23.1 Å². The number of benzene rings is 2. The minimum Gasteiger partial charge on any atom is -0.454 e. The molecule has 2 amide bonds. The van der Waals surface area contributed by atoms with Crippen molar-refractivity contribution in [3.05, 3.63) is 48.0 Å². The highest BCUT2D eigenvalue weighted by molar-refractivity contribution is 5.97. The molecule has 0 bridgehead atoms. The molecule has 1 fully saturated rings. The van der Waals surface area contributed by atoms with Crippen LogP contribution < -0.4 is 19.3 Å². The summed E-state index contributed by atoms with van der Waals surface area (Å²) in [5, 5.41) is 0. The van der Waals surface area contributed by atoms with Crippen LogP contribution >= 0.6 is 0 Å². The third-order valence-corrected chi connectivity index (χ3v) is 5.34. The van der Waals surface area contributed by atoms with Gasteiger partial charge < -0.3 is 24.2 Å². The number of hydrogen-bond donors (Lipinski definition) is 0. The summed E-state index contributed by atoms with van der Waals surface area (Å²) in [5.74, 6) is 1.00. The number of amides is 2. The molecule has 2 aliphatic heterocycles. The quantitative estimate of drug-likeness (QED) is 0.796. The lowest BCUT2D eigenvalue weighted by Crippen LogP contribution is -2.51. The summed E-state index contributed by atoms with van der Waals surface area (Å²) < 4.78 is 10.7. The van der Waals surface area contributed by atoms with Gasteiger partial charge in [0.15, 0.2) is 11.5 Å². The standard InChI is InChI=1S/C22H25N3O4/c1-16-4-3-5-18(12-16)23-8-10-24(11-9-23)22(27)14-25(17(2)26)19-6-7-20-21(13-19)29-15-28-20/h3-7,12-13H,8-11,14-15H2,1-2H3. The Morgan fingerprint density at radius 2 is 1.76 bits per heavy atom. The number of hydrogen-bond acceptors (Lipinski definition) is 5. The van der Waals surface area contributed by atoms with Crippen LogP contribution in [0.25, 0.3) is 0 Å². The molecule has 0 radical (unpaired) electrons. The van der Waals surface area contributed by atoms with Gasteiger partial charge in [-0.15, -0.1) is 0 Å². The molecule has 0 atom stereocenters. The molecule has 0 aliphatic carbocycles. The van der Waals surface area contributed by atoms with E-state index in [-0.39, 0.29) is 25.2 Å². The van der Waals surface area contributed by atoms with Gasteiger partial charge in [0.05, 0.1) is 0 Å². The predicted molar refractivity (Wildman–Crippen MR) is 111 cm³/mol. The van der Waals surface area contributed by atoms with Crippen LogP contribution in [-0.2, 0) is 9.59 Å². The maximum absolute atomic E-state index is 12.9. The van der Waals surface area contributed by atoms with E-state index in [2.05, 4.69) is 36.1 Å². The molecule has 4 rings (SSSR count). The Morgan fingerprint density at radius 3 is 2.48 bits per heavy atom. The minimum atomic E-state index is -0.185. The van der Waals surface area contributed by atoms with Gasteiger partial charge in [-0.2, -0.15) is 0 Å². The van der Waals surface area contributed by atoms with Crippen molar-refractivity contribution in [1.82, 2.24) is 4.90 Å². The molecule has 2 aliphatic rings. The Labute approximate surface area is 170 Å². The topological polar surface area (TPSA) is 62.3 Å². The van der Waals surface area contributed by atoms with Crippen LogP contribution in [0.3, 0.4) is 0 Å². The summed E-state index contributed by atoms with van der Waals surface area (Å²) in [6.45, 7) is 6.56. The van der Waals surface area contributed by atoms with E-state index in [4.69, 9.17) is 9.47 Å². The third kappa shape index (κ3) is 4.13. The van der Waals surface area contributed by atoms with Gasteiger partial charge in [0.2, 0.25) is 18.6 Å². The van der Waals surface area contributed by atoms with E-state index in [0.717, 1.165) is 13.1 Å². The lowest BCUT2D eigenvalue weighted by molar-refractivity contribution is -0.131. The van der Waals surface area contributed by atoms with Crippen molar-refractivity contribution in [2.45, 2.75) is 13.8 Å². The first-order valence-corrected chi connectivity index (χ1v) is 9.78. The van der Waals surface area contributed by atoms with Crippen LogP contribution in [0.4, 0.5) is 11.4 Å². The second-order valence-electron chi connectivity index (χ2n) is 7.35. The van der Waals surface area contributed by atoms with E-state index in [1.807, 2.05) is 4.90 Å². The fourth-order valence-electron chi connectivity index (χ4n) is 3.71. The Morgan fingerprint density at radius 1 is 1.00 bits per heavy atom. The second-order valence-corrected chi connectivity index (χ2v) is 7.35. The zero-order valence-corrected chi connectivity index (χ0v) is 16.8. The van der Waals surface area contributed by atoms with Crippen LogP contribution in [-0.4, -0.2) is 56.2 Å². The molecule has 2 heterocycles. The van der Waals surface area contributed by atoms with Crippen LogP contribution in [0.2, 0.25) is 0 Å². The molecule has 0 saturated carbocycles.